The Kier molecular flexibility index (Phi) is 5.40. The lowest BCUT2D eigenvalue weighted by Gasteiger charge is -2.52. The Labute approximate surface area is 147 Å². The highest BCUT2D eigenvalue weighted by Gasteiger charge is 2.50. The summed E-state index contributed by atoms with van der Waals surface area (Å²) in [5.74, 6) is 1.06. The lowest BCUT2D eigenvalue weighted by atomic mass is 9.64. The largest absolute Gasteiger partial charge is 0.381 e. The standard InChI is InChI=1S/C19H35N3O2/c1-5-6-10-24-16-12-15(18(16,2)3)21-17(20-4)22-9-7-19(13-22)8-11-23-14-19/h15-16H,5-14H2,1-4H3,(H,20,21). The molecular formula is C19H35N3O2. The zero-order chi connectivity index (χ0) is 17.2. The minimum absolute atomic E-state index is 0.164. The molecule has 0 amide bonds. The molecule has 0 radical (unpaired) electrons. The van der Waals surface area contributed by atoms with Gasteiger partial charge < -0.3 is 19.7 Å². The van der Waals surface area contributed by atoms with Crippen LogP contribution in [0.25, 0.3) is 0 Å². The highest BCUT2D eigenvalue weighted by atomic mass is 16.5. The molecular weight excluding hydrogens is 302 g/mol. The van der Waals surface area contributed by atoms with Crippen LogP contribution < -0.4 is 5.32 Å². The van der Waals surface area contributed by atoms with Crippen LogP contribution in [0.15, 0.2) is 4.99 Å². The summed E-state index contributed by atoms with van der Waals surface area (Å²) in [6, 6.07) is 0.444. The van der Waals surface area contributed by atoms with Crippen molar-refractivity contribution in [3.63, 3.8) is 0 Å². The van der Waals surface area contributed by atoms with E-state index in [9.17, 15) is 0 Å². The maximum atomic E-state index is 6.07. The average Bonchev–Trinajstić information content (AvgIpc) is 3.20. The molecule has 2 heterocycles. The zero-order valence-corrected chi connectivity index (χ0v) is 15.9. The van der Waals surface area contributed by atoms with E-state index in [-0.39, 0.29) is 5.41 Å². The van der Waals surface area contributed by atoms with Crippen molar-refractivity contribution in [1.29, 1.82) is 0 Å². The van der Waals surface area contributed by atoms with Crippen molar-refractivity contribution in [2.45, 2.75) is 65.0 Å². The van der Waals surface area contributed by atoms with E-state index in [0.717, 1.165) is 51.7 Å². The third-order valence-electron chi connectivity index (χ3n) is 6.43. The molecule has 2 aliphatic heterocycles. The van der Waals surface area contributed by atoms with Crippen LogP contribution in [0.4, 0.5) is 0 Å². The number of hydrogen-bond donors (Lipinski definition) is 1. The van der Waals surface area contributed by atoms with Crippen LogP contribution in [0.2, 0.25) is 0 Å². The lowest BCUT2D eigenvalue weighted by molar-refractivity contribution is -0.114. The monoisotopic (exact) mass is 337 g/mol. The molecule has 3 fully saturated rings. The van der Waals surface area contributed by atoms with Gasteiger partial charge in [0.25, 0.3) is 0 Å². The minimum atomic E-state index is 0.164. The second-order valence-corrected chi connectivity index (χ2v) is 8.49. The Hall–Kier alpha value is -0.810. The molecule has 3 unspecified atom stereocenters. The van der Waals surface area contributed by atoms with E-state index < -0.39 is 0 Å². The van der Waals surface area contributed by atoms with Gasteiger partial charge in [-0.15, -0.1) is 0 Å². The van der Waals surface area contributed by atoms with E-state index in [1.807, 2.05) is 7.05 Å². The first kappa shape index (κ1) is 18.0. The van der Waals surface area contributed by atoms with E-state index >= 15 is 0 Å². The second-order valence-electron chi connectivity index (χ2n) is 8.49. The third kappa shape index (κ3) is 3.43. The first-order valence-corrected chi connectivity index (χ1v) is 9.68. The van der Waals surface area contributed by atoms with Gasteiger partial charge in [-0.3, -0.25) is 4.99 Å². The molecule has 2 saturated heterocycles. The second kappa shape index (κ2) is 7.20. The van der Waals surface area contributed by atoms with Crippen molar-refractivity contribution in [3.05, 3.63) is 0 Å². The van der Waals surface area contributed by atoms with Crippen molar-refractivity contribution in [2.75, 3.05) is 40.0 Å². The molecule has 5 heteroatoms. The van der Waals surface area contributed by atoms with E-state index in [4.69, 9.17) is 9.47 Å². The van der Waals surface area contributed by atoms with Crippen LogP contribution in [0.5, 0.6) is 0 Å². The number of guanidine groups is 1. The molecule has 3 atom stereocenters. The molecule has 0 aromatic carbocycles. The Morgan fingerprint density at radius 1 is 1.38 bits per heavy atom. The molecule has 0 bridgehead atoms. The van der Waals surface area contributed by atoms with Gasteiger partial charge in [-0.05, 0) is 25.7 Å². The Morgan fingerprint density at radius 3 is 2.83 bits per heavy atom. The molecule has 5 nitrogen and oxygen atoms in total. The molecule has 1 saturated carbocycles. The van der Waals surface area contributed by atoms with Gasteiger partial charge in [0.2, 0.25) is 0 Å². The summed E-state index contributed by atoms with van der Waals surface area (Å²) in [4.78, 5) is 6.99. The van der Waals surface area contributed by atoms with Crippen LogP contribution in [0.3, 0.4) is 0 Å². The number of nitrogens with one attached hydrogen (secondary N) is 1. The van der Waals surface area contributed by atoms with E-state index in [2.05, 4.69) is 36.0 Å². The summed E-state index contributed by atoms with van der Waals surface area (Å²) in [6.45, 7) is 11.7. The topological polar surface area (TPSA) is 46.1 Å². The number of nitrogens with zero attached hydrogens (tertiary/aromatic N) is 2. The van der Waals surface area contributed by atoms with Crippen LogP contribution in [0.1, 0.15) is 52.9 Å². The van der Waals surface area contributed by atoms with Gasteiger partial charge in [0.1, 0.15) is 0 Å². The number of hydrogen-bond acceptors (Lipinski definition) is 3. The highest BCUT2D eigenvalue weighted by Crippen LogP contribution is 2.43. The van der Waals surface area contributed by atoms with Gasteiger partial charge >= 0.3 is 0 Å². The van der Waals surface area contributed by atoms with Gasteiger partial charge in [-0.1, -0.05) is 27.2 Å². The average molecular weight is 338 g/mol. The van der Waals surface area contributed by atoms with Gasteiger partial charge in [0.15, 0.2) is 5.96 Å². The Bertz CT molecular complexity index is 458. The van der Waals surface area contributed by atoms with Crippen LogP contribution in [0, 0.1) is 10.8 Å². The smallest absolute Gasteiger partial charge is 0.193 e. The van der Waals surface area contributed by atoms with Crippen molar-refractivity contribution in [3.8, 4) is 0 Å². The summed E-state index contributed by atoms with van der Waals surface area (Å²) in [7, 11) is 1.90. The molecule has 0 aromatic heterocycles. The summed E-state index contributed by atoms with van der Waals surface area (Å²) in [6.07, 6.45) is 6.23. The first-order chi connectivity index (χ1) is 11.5. The quantitative estimate of drug-likeness (QED) is 0.476. The van der Waals surface area contributed by atoms with Crippen molar-refractivity contribution in [1.82, 2.24) is 10.2 Å². The van der Waals surface area contributed by atoms with E-state index in [1.54, 1.807) is 0 Å². The van der Waals surface area contributed by atoms with Gasteiger partial charge in [-0.25, -0.2) is 0 Å². The third-order valence-corrected chi connectivity index (χ3v) is 6.43. The molecule has 3 rings (SSSR count). The molecule has 1 spiro atoms. The number of unbranched alkanes of at least 4 members (excludes halogenated alkanes) is 1. The normalized spacial score (nSPS) is 35.5. The van der Waals surface area contributed by atoms with E-state index in [1.165, 1.54) is 19.3 Å². The molecule has 3 aliphatic rings. The van der Waals surface area contributed by atoms with Crippen LogP contribution in [-0.2, 0) is 9.47 Å². The maximum absolute atomic E-state index is 6.07. The summed E-state index contributed by atoms with van der Waals surface area (Å²) < 4.78 is 11.7. The number of likely N-dealkylation sites (tertiary alicyclic amines) is 1. The lowest BCUT2D eigenvalue weighted by Crippen LogP contribution is -2.63. The molecule has 138 valence electrons. The fourth-order valence-corrected chi connectivity index (χ4v) is 4.32. The van der Waals surface area contributed by atoms with Crippen LogP contribution in [-0.4, -0.2) is 63.0 Å². The SMILES string of the molecule is CCCCOC1CC(NC(=NC)N2CCC3(CCOC3)C2)C1(C)C. The van der Waals surface area contributed by atoms with Crippen molar-refractivity contribution < 1.29 is 9.47 Å². The van der Waals surface area contributed by atoms with Crippen molar-refractivity contribution >= 4 is 5.96 Å². The van der Waals surface area contributed by atoms with Gasteiger partial charge in [0, 0.05) is 50.2 Å². The predicted molar refractivity (Wildman–Crippen MR) is 97.4 cm³/mol. The molecule has 0 aromatic rings. The van der Waals surface area contributed by atoms with Crippen molar-refractivity contribution in [2.24, 2.45) is 15.8 Å². The van der Waals surface area contributed by atoms with E-state index in [0.29, 0.717) is 17.6 Å². The Morgan fingerprint density at radius 2 is 2.21 bits per heavy atom. The first-order valence-electron chi connectivity index (χ1n) is 9.68. The summed E-state index contributed by atoms with van der Waals surface area (Å²) in [5, 5.41) is 3.72. The molecule has 24 heavy (non-hydrogen) atoms. The van der Waals surface area contributed by atoms with Gasteiger partial charge in [-0.2, -0.15) is 0 Å². The molecule has 1 aliphatic carbocycles. The highest BCUT2D eigenvalue weighted by molar-refractivity contribution is 5.80. The fraction of sp³-hybridized carbons (Fsp3) is 0.947. The number of rotatable bonds is 5. The van der Waals surface area contributed by atoms with Gasteiger partial charge in [0.05, 0.1) is 12.7 Å². The summed E-state index contributed by atoms with van der Waals surface area (Å²) in [5.41, 5.74) is 0.538. The van der Waals surface area contributed by atoms with Crippen LogP contribution >= 0.6 is 0 Å². The Balaban J connectivity index is 1.52. The predicted octanol–water partition coefficient (Wildman–Crippen LogP) is 2.66. The maximum Gasteiger partial charge on any atom is 0.193 e. The fourth-order valence-electron chi connectivity index (χ4n) is 4.32. The molecule has 1 N–H and O–H groups in total. The minimum Gasteiger partial charge on any atom is -0.381 e. The number of aliphatic imine (C=N–C) groups is 1. The summed E-state index contributed by atoms with van der Waals surface area (Å²) >= 11 is 0. The number of ether oxygens (including phenoxy) is 2. The zero-order valence-electron chi connectivity index (χ0n) is 15.9.